The van der Waals surface area contributed by atoms with Gasteiger partial charge in [-0.1, -0.05) is 6.92 Å². The SMILES string of the molecule is CCC(C)n1nc(-c2cnc(N)c(C(=O)N3CCCC3)c2)cc1C1C2CC(N3CC(F)C3)CC21. The maximum atomic E-state index is 13.3. The third-order valence-electron chi connectivity index (χ3n) is 8.75. The molecule has 4 fully saturated rings. The topological polar surface area (TPSA) is 80.3 Å². The molecule has 0 bridgehead atoms. The zero-order chi connectivity index (χ0) is 23.6. The van der Waals surface area contributed by atoms with Crippen LogP contribution in [-0.4, -0.2) is 68.9 Å². The maximum absolute atomic E-state index is 13.3. The van der Waals surface area contributed by atoms with E-state index in [0.29, 0.717) is 48.5 Å². The Labute approximate surface area is 200 Å². The highest BCUT2D eigenvalue weighted by Gasteiger charge is 2.59. The summed E-state index contributed by atoms with van der Waals surface area (Å²) < 4.78 is 15.5. The average Bonchev–Trinajstić information content (AvgIpc) is 3.33. The van der Waals surface area contributed by atoms with Gasteiger partial charge in [0.1, 0.15) is 12.0 Å². The monoisotopic (exact) mass is 466 g/mol. The highest BCUT2D eigenvalue weighted by atomic mass is 19.1. The molecule has 2 N–H and O–H groups in total. The van der Waals surface area contributed by atoms with Crippen LogP contribution < -0.4 is 5.73 Å². The lowest BCUT2D eigenvalue weighted by atomic mass is 9.99. The van der Waals surface area contributed by atoms with E-state index < -0.39 is 6.17 Å². The van der Waals surface area contributed by atoms with E-state index in [-0.39, 0.29) is 11.7 Å². The number of nitrogen functional groups attached to an aromatic ring is 1. The molecule has 2 aromatic rings. The summed E-state index contributed by atoms with van der Waals surface area (Å²) in [5.41, 5.74) is 9.60. The number of pyridine rings is 1. The van der Waals surface area contributed by atoms with E-state index in [9.17, 15) is 9.18 Å². The molecule has 0 aromatic carbocycles. The number of likely N-dealkylation sites (tertiary alicyclic amines) is 2. The molecule has 2 saturated carbocycles. The molecule has 4 heterocycles. The number of fused-ring (bicyclic) bond motifs is 1. The molecule has 2 saturated heterocycles. The lowest BCUT2D eigenvalue weighted by Gasteiger charge is -2.40. The van der Waals surface area contributed by atoms with Crippen LogP contribution in [0.5, 0.6) is 0 Å². The summed E-state index contributed by atoms with van der Waals surface area (Å²) in [7, 11) is 0. The van der Waals surface area contributed by atoms with E-state index in [1.165, 1.54) is 18.5 Å². The van der Waals surface area contributed by atoms with Crippen LogP contribution in [0.4, 0.5) is 10.2 Å². The maximum Gasteiger partial charge on any atom is 0.257 e. The number of carbonyl (C=O) groups is 1. The Bertz CT molecular complexity index is 1080. The normalized spacial score (nSPS) is 29.8. The molecule has 3 atom stereocenters. The lowest BCUT2D eigenvalue weighted by molar-refractivity contribution is 0.0247. The van der Waals surface area contributed by atoms with E-state index in [0.717, 1.165) is 43.6 Å². The van der Waals surface area contributed by atoms with Gasteiger partial charge in [0.25, 0.3) is 5.91 Å². The van der Waals surface area contributed by atoms with E-state index in [4.69, 9.17) is 10.8 Å². The van der Waals surface area contributed by atoms with E-state index in [1.54, 1.807) is 6.20 Å². The van der Waals surface area contributed by atoms with Crippen molar-refractivity contribution in [3.63, 3.8) is 0 Å². The molecular formula is C26H35FN6O. The van der Waals surface area contributed by atoms with Crippen molar-refractivity contribution < 1.29 is 9.18 Å². The highest BCUT2D eigenvalue weighted by molar-refractivity contribution is 5.99. The highest BCUT2D eigenvalue weighted by Crippen LogP contribution is 2.64. The molecule has 34 heavy (non-hydrogen) atoms. The van der Waals surface area contributed by atoms with Gasteiger partial charge in [0.05, 0.1) is 11.3 Å². The van der Waals surface area contributed by atoms with Crippen LogP contribution in [0.3, 0.4) is 0 Å². The zero-order valence-electron chi connectivity index (χ0n) is 20.2. The van der Waals surface area contributed by atoms with E-state index in [1.807, 2.05) is 11.0 Å². The number of nitrogens with two attached hydrogens (primary N) is 1. The largest absolute Gasteiger partial charge is 0.383 e. The molecule has 6 rings (SSSR count). The average molecular weight is 467 g/mol. The molecule has 182 valence electrons. The van der Waals surface area contributed by atoms with Crippen LogP contribution in [0, 0.1) is 11.8 Å². The molecule has 4 aliphatic rings. The summed E-state index contributed by atoms with van der Waals surface area (Å²) in [5, 5.41) is 5.01. The summed E-state index contributed by atoms with van der Waals surface area (Å²) in [6, 6.07) is 4.94. The van der Waals surface area contributed by atoms with Crippen molar-refractivity contribution in [2.75, 3.05) is 31.9 Å². The third kappa shape index (κ3) is 3.61. The predicted octanol–water partition coefficient (Wildman–Crippen LogP) is 3.88. The fourth-order valence-electron chi connectivity index (χ4n) is 6.50. The number of hydrogen-bond donors (Lipinski definition) is 1. The van der Waals surface area contributed by atoms with Crippen molar-refractivity contribution in [1.29, 1.82) is 0 Å². The smallest absolute Gasteiger partial charge is 0.257 e. The van der Waals surface area contributed by atoms with Crippen LogP contribution in [0.1, 0.15) is 74.0 Å². The Kier molecular flexibility index (Phi) is 5.39. The van der Waals surface area contributed by atoms with E-state index in [2.05, 4.69) is 34.5 Å². The Morgan fingerprint density at radius 3 is 2.56 bits per heavy atom. The van der Waals surface area contributed by atoms with Gasteiger partial charge in [-0.3, -0.25) is 14.4 Å². The number of halogens is 1. The van der Waals surface area contributed by atoms with Crippen LogP contribution in [0.15, 0.2) is 18.3 Å². The number of hydrogen-bond acceptors (Lipinski definition) is 5. The van der Waals surface area contributed by atoms with Crippen LogP contribution in [0.2, 0.25) is 0 Å². The van der Waals surface area contributed by atoms with Crippen LogP contribution >= 0.6 is 0 Å². The fraction of sp³-hybridized carbons (Fsp3) is 0.654. The molecule has 2 aliphatic heterocycles. The number of rotatable bonds is 6. The first-order valence-corrected chi connectivity index (χ1v) is 13.0. The molecule has 8 heteroatoms. The van der Waals surface area contributed by atoms with Gasteiger partial charge in [-0.05, 0) is 63.0 Å². The second-order valence-corrected chi connectivity index (χ2v) is 10.8. The second-order valence-electron chi connectivity index (χ2n) is 10.8. The summed E-state index contributed by atoms with van der Waals surface area (Å²) in [4.78, 5) is 21.6. The van der Waals surface area contributed by atoms with Crippen LogP contribution in [0.25, 0.3) is 11.3 Å². The fourth-order valence-corrected chi connectivity index (χ4v) is 6.50. The molecule has 0 radical (unpaired) electrons. The second kappa shape index (κ2) is 8.33. The lowest BCUT2D eigenvalue weighted by Crippen LogP contribution is -2.53. The van der Waals surface area contributed by atoms with Gasteiger partial charge in [0.15, 0.2) is 0 Å². The van der Waals surface area contributed by atoms with Crippen molar-refractivity contribution >= 4 is 11.7 Å². The molecule has 0 spiro atoms. The van der Waals surface area contributed by atoms with Crippen LogP contribution in [-0.2, 0) is 0 Å². The molecule has 2 aliphatic carbocycles. The number of nitrogens with zero attached hydrogens (tertiary/aromatic N) is 5. The van der Waals surface area contributed by atoms with Gasteiger partial charge in [-0.25, -0.2) is 9.37 Å². The van der Waals surface area contributed by atoms with Crippen molar-refractivity contribution in [3.8, 4) is 11.3 Å². The minimum absolute atomic E-state index is 0.0322. The zero-order valence-corrected chi connectivity index (χ0v) is 20.2. The first-order chi connectivity index (χ1) is 16.4. The molecule has 7 nitrogen and oxygen atoms in total. The van der Waals surface area contributed by atoms with Crippen molar-refractivity contribution in [1.82, 2.24) is 24.6 Å². The molecule has 1 amide bonds. The van der Waals surface area contributed by atoms with E-state index >= 15 is 0 Å². The quantitative estimate of drug-likeness (QED) is 0.699. The number of amides is 1. The van der Waals surface area contributed by atoms with Gasteiger partial charge < -0.3 is 10.6 Å². The van der Waals surface area contributed by atoms with Crippen molar-refractivity contribution in [2.45, 2.75) is 70.1 Å². The van der Waals surface area contributed by atoms with Gasteiger partial charge in [0.2, 0.25) is 0 Å². The minimum Gasteiger partial charge on any atom is -0.383 e. The van der Waals surface area contributed by atoms with Gasteiger partial charge >= 0.3 is 0 Å². The summed E-state index contributed by atoms with van der Waals surface area (Å²) in [6.07, 6.45) is 6.53. The Hall–Kier alpha value is -2.48. The van der Waals surface area contributed by atoms with Gasteiger partial charge in [-0.15, -0.1) is 0 Å². The summed E-state index contributed by atoms with van der Waals surface area (Å²) in [6.45, 7) is 7.20. The first-order valence-electron chi connectivity index (χ1n) is 13.0. The number of alkyl halides is 1. The predicted molar refractivity (Wildman–Crippen MR) is 129 cm³/mol. The third-order valence-corrected chi connectivity index (χ3v) is 8.75. The molecule has 2 aromatic heterocycles. The molecular weight excluding hydrogens is 431 g/mol. The number of aromatic nitrogens is 3. The Morgan fingerprint density at radius 1 is 1.21 bits per heavy atom. The summed E-state index contributed by atoms with van der Waals surface area (Å²) >= 11 is 0. The minimum atomic E-state index is -0.627. The van der Waals surface area contributed by atoms with Crippen molar-refractivity contribution in [2.24, 2.45) is 11.8 Å². The number of carbonyl (C=O) groups excluding carboxylic acids is 1. The van der Waals surface area contributed by atoms with Gasteiger partial charge in [0, 0.05) is 61.6 Å². The summed E-state index contributed by atoms with van der Waals surface area (Å²) in [5.74, 6) is 2.13. The number of anilines is 1. The Balaban J connectivity index is 1.26. The molecule has 3 unspecified atom stereocenters. The van der Waals surface area contributed by atoms with Crippen molar-refractivity contribution in [3.05, 3.63) is 29.6 Å². The Morgan fingerprint density at radius 2 is 1.91 bits per heavy atom. The standard InChI is InChI=1S/C26H35FN6O/c1-3-15(2)33-23(24-19-9-18(10-20(19)24)32-13-17(27)14-32)11-22(30-33)16-8-21(25(28)29-12-16)26(34)31-6-4-5-7-31/h8,11-12,15,17-20,24H,3-7,9-10,13-14H2,1-2H3,(H2,28,29). The van der Waals surface area contributed by atoms with Gasteiger partial charge in [-0.2, -0.15) is 5.10 Å². The first kappa shape index (κ1) is 22.0.